The van der Waals surface area contributed by atoms with Gasteiger partial charge in [0.15, 0.2) is 11.6 Å². The summed E-state index contributed by atoms with van der Waals surface area (Å²) >= 11 is 0. The number of piperidine rings is 2. The zero-order valence-corrected chi connectivity index (χ0v) is 39.7. The zero-order chi connectivity index (χ0) is 48.7. The lowest BCUT2D eigenvalue weighted by Crippen LogP contribution is -2.48. The van der Waals surface area contributed by atoms with Crippen molar-refractivity contribution in [1.29, 1.82) is 0 Å². The van der Waals surface area contributed by atoms with Crippen molar-refractivity contribution in [3.8, 4) is 22.3 Å². The molecule has 0 spiro atoms. The third kappa shape index (κ3) is 8.08. The molecule has 2 saturated carbocycles. The Kier molecular flexibility index (Phi) is 11.4. The van der Waals surface area contributed by atoms with Crippen LogP contribution in [0.25, 0.3) is 44.1 Å². The second-order valence-corrected chi connectivity index (χ2v) is 19.6. The molecule has 18 nitrogen and oxygen atoms in total. The topological polar surface area (TPSA) is 228 Å². The molecule has 0 bridgehead atoms. The van der Waals surface area contributed by atoms with Crippen molar-refractivity contribution in [2.75, 3.05) is 6.54 Å². The Hall–Kier alpha value is -7.24. The van der Waals surface area contributed by atoms with Crippen LogP contribution in [-0.2, 0) is 32.3 Å². The number of likely N-dealkylation sites (N-methyl/N-ethyl adjacent to an activating group) is 1. The summed E-state index contributed by atoms with van der Waals surface area (Å²) in [6.07, 6.45) is 9.85. The number of nitrogens with zero attached hydrogens (tertiary/aromatic N) is 10. The largest absolute Gasteiger partial charge is 0.480 e. The van der Waals surface area contributed by atoms with Crippen molar-refractivity contribution in [1.82, 2.24) is 54.6 Å². The number of carboxylic acid groups (broad SMARTS) is 1. The number of hydrogen-bond acceptors (Lipinski definition) is 12. The number of carboxylic acids is 1. The second kappa shape index (κ2) is 16.8. The number of aryl methyl sites for hydroxylation is 4. The first kappa shape index (κ1) is 45.9. The number of ketones is 2. The molecule has 2 aliphatic heterocycles. The maximum absolute atomic E-state index is 13.6. The molecule has 18 heteroatoms. The summed E-state index contributed by atoms with van der Waals surface area (Å²) in [5.74, 6) is -0.553. The van der Waals surface area contributed by atoms with E-state index in [-0.39, 0.29) is 71.0 Å². The van der Waals surface area contributed by atoms with Gasteiger partial charge in [-0.3, -0.25) is 33.3 Å². The van der Waals surface area contributed by atoms with Gasteiger partial charge in [-0.05, 0) is 118 Å². The molecule has 352 valence electrons. The summed E-state index contributed by atoms with van der Waals surface area (Å²) < 4.78 is 3.15. The molecule has 68 heavy (non-hydrogen) atoms. The number of nitrogens with one attached hydrogen (secondary N) is 1. The zero-order valence-electron chi connectivity index (χ0n) is 39.7. The Morgan fingerprint density at radius 1 is 0.618 bits per heavy atom. The second-order valence-electron chi connectivity index (χ2n) is 19.6. The Morgan fingerprint density at radius 3 is 1.40 bits per heavy atom. The SMILES string of the molecule is CC(=O)c1nn(CC(=O)N2[C@H](C(=O)O)C[C@@]3(C)C[C@@H]23)c2c(C)cc(-c3cnc(C)nc3)cc12.CCNC(=O)[C@@H]1C[C@@]2(C)C[C@H]2N1C(=O)Cn1nc(C(C)=O)c2cc(-c3cnc(C)nc3)cc(C)c21. The highest BCUT2D eigenvalue weighted by Crippen LogP contribution is 2.60. The van der Waals surface area contributed by atoms with Gasteiger partial charge in [0.1, 0.15) is 48.2 Å². The maximum Gasteiger partial charge on any atom is 0.326 e. The maximum atomic E-state index is 13.6. The molecule has 2 aliphatic carbocycles. The van der Waals surface area contributed by atoms with E-state index >= 15 is 0 Å². The molecule has 10 rings (SSSR count). The fraction of sp³-hybridized carbons (Fsp3) is 0.440. The lowest BCUT2D eigenvalue weighted by atomic mass is 10.0. The first-order valence-corrected chi connectivity index (χ1v) is 23.0. The van der Waals surface area contributed by atoms with Gasteiger partial charge in [0.2, 0.25) is 17.7 Å². The fourth-order valence-corrected chi connectivity index (χ4v) is 10.6. The van der Waals surface area contributed by atoms with E-state index in [1.165, 1.54) is 23.4 Å². The molecule has 2 aromatic carbocycles. The van der Waals surface area contributed by atoms with Crippen LogP contribution >= 0.6 is 0 Å². The molecule has 0 radical (unpaired) electrons. The molecule has 0 unspecified atom stereocenters. The average Bonchev–Trinajstić information content (AvgIpc) is 3.81. The Bertz CT molecular complexity index is 3110. The van der Waals surface area contributed by atoms with Crippen molar-refractivity contribution in [3.05, 3.63) is 83.2 Å². The van der Waals surface area contributed by atoms with E-state index in [4.69, 9.17) is 0 Å². The number of rotatable bonds is 11. The highest BCUT2D eigenvalue weighted by atomic mass is 16.4. The fourth-order valence-electron chi connectivity index (χ4n) is 10.6. The molecule has 2 saturated heterocycles. The highest BCUT2D eigenvalue weighted by molar-refractivity contribution is 6.08. The molecule has 6 heterocycles. The Morgan fingerprint density at radius 2 is 1.01 bits per heavy atom. The van der Waals surface area contributed by atoms with Crippen molar-refractivity contribution < 1.29 is 33.9 Å². The monoisotopic (exact) mass is 921 g/mol. The van der Waals surface area contributed by atoms with Crippen molar-refractivity contribution in [3.63, 3.8) is 0 Å². The predicted octanol–water partition coefficient (Wildman–Crippen LogP) is 5.61. The van der Waals surface area contributed by atoms with E-state index in [1.807, 2.05) is 65.8 Å². The van der Waals surface area contributed by atoms with E-state index in [0.717, 1.165) is 51.7 Å². The van der Waals surface area contributed by atoms with Crippen LogP contribution in [0.15, 0.2) is 49.1 Å². The normalized spacial score (nSPS) is 23.2. The Balaban J connectivity index is 0.000000170. The van der Waals surface area contributed by atoms with Crippen molar-refractivity contribution in [2.45, 2.75) is 125 Å². The van der Waals surface area contributed by atoms with Crippen LogP contribution in [0, 0.1) is 38.5 Å². The highest BCUT2D eigenvalue weighted by Gasteiger charge is 2.65. The van der Waals surface area contributed by atoms with E-state index in [9.17, 15) is 33.9 Å². The molecule has 3 amide bonds. The van der Waals surface area contributed by atoms with E-state index in [2.05, 4.69) is 42.4 Å². The third-order valence-corrected chi connectivity index (χ3v) is 14.3. The molecule has 2 N–H and O–H groups in total. The Labute approximate surface area is 392 Å². The lowest BCUT2D eigenvalue weighted by Gasteiger charge is -2.26. The lowest BCUT2D eigenvalue weighted by molar-refractivity contribution is -0.149. The standard InChI is InChI=1S/C26H30N6O3.C24H25N5O4/c1-6-27-25(35)20-9-26(5)10-21(26)32(20)22(34)13-31-24-14(2)7-17(18-11-28-16(4)29-12-18)8-19(24)23(30-31)15(3)33;1-12-5-15(16-9-25-14(3)26-10-16)6-17-21(13(2)30)27-28(22(12)17)11-20(31)29-18(23(32)33)7-24(4)8-19(24)29/h7-8,11-12,20-21H,6,9-10,13H2,1-5H3,(H,27,35);5-6,9-10,18-19H,7-8,11H2,1-4H3,(H,32,33)/t20-,21+,26-;18-,19+,24-/m00/s1. The molecule has 4 fully saturated rings. The summed E-state index contributed by atoms with van der Waals surface area (Å²) in [5.41, 5.74) is 7.06. The summed E-state index contributed by atoms with van der Waals surface area (Å²) in [5, 5.41) is 22.9. The van der Waals surface area contributed by atoms with Gasteiger partial charge in [0.05, 0.1) is 11.0 Å². The number of benzene rings is 2. The van der Waals surface area contributed by atoms with Crippen LogP contribution in [0.4, 0.5) is 0 Å². The first-order valence-electron chi connectivity index (χ1n) is 23.0. The summed E-state index contributed by atoms with van der Waals surface area (Å²) in [6.45, 7) is 16.8. The third-order valence-electron chi connectivity index (χ3n) is 14.3. The van der Waals surface area contributed by atoms with Crippen LogP contribution in [0.3, 0.4) is 0 Å². The van der Waals surface area contributed by atoms with Gasteiger partial charge in [-0.25, -0.2) is 24.7 Å². The van der Waals surface area contributed by atoms with E-state index < -0.39 is 18.1 Å². The molecule has 4 aromatic heterocycles. The summed E-state index contributed by atoms with van der Waals surface area (Å²) in [6, 6.07) is 6.48. The summed E-state index contributed by atoms with van der Waals surface area (Å²) in [7, 11) is 0. The number of aromatic nitrogens is 8. The van der Waals surface area contributed by atoms with Crippen LogP contribution in [0.2, 0.25) is 0 Å². The molecular weight excluding hydrogens is 867 g/mol. The number of hydrogen-bond donors (Lipinski definition) is 2. The first-order chi connectivity index (χ1) is 32.2. The molecule has 6 aromatic rings. The number of carbonyl (C=O) groups is 6. The van der Waals surface area contributed by atoms with Gasteiger partial charge in [-0.2, -0.15) is 10.2 Å². The molecule has 4 aliphatic rings. The summed E-state index contributed by atoms with van der Waals surface area (Å²) in [4.78, 5) is 96.5. The van der Waals surface area contributed by atoms with Crippen LogP contribution in [-0.4, -0.2) is 120 Å². The van der Waals surface area contributed by atoms with Crippen LogP contribution < -0.4 is 5.32 Å². The van der Waals surface area contributed by atoms with Gasteiger partial charge in [0.25, 0.3) is 0 Å². The van der Waals surface area contributed by atoms with Crippen LogP contribution in [0.5, 0.6) is 0 Å². The van der Waals surface area contributed by atoms with Gasteiger partial charge in [-0.1, -0.05) is 13.8 Å². The van der Waals surface area contributed by atoms with Crippen molar-refractivity contribution in [2.24, 2.45) is 10.8 Å². The number of fused-ring (bicyclic) bond motifs is 4. The quantitative estimate of drug-likeness (QED) is 0.151. The van der Waals surface area contributed by atoms with Crippen molar-refractivity contribution >= 4 is 57.1 Å². The number of carbonyl (C=O) groups excluding carboxylic acids is 5. The predicted molar refractivity (Wildman–Crippen MR) is 250 cm³/mol. The van der Waals surface area contributed by atoms with Crippen LogP contribution in [0.1, 0.15) is 104 Å². The number of Topliss-reactive ketones (excluding diaryl/α,β-unsaturated/α-hetero) is 2. The molecular formula is C50H55N11O7. The molecule has 6 atom stereocenters. The smallest absolute Gasteiger partial charge is 0.326 e. The van der Waals surface area contributed by atoms with E-state index in [1.54, 1.807) is 34.4 Å². The van der Waals surface area contributed by atoms with Gasteiger partial charge >= 0.3 is 5.97 Å². The van der Waals surface area contributed by atoms with Gasteiger partial charge in [-0.15, -0.1) is 0 Å². The minimum absolute atomic E-state index is 0.00304. The number of aliphatic carboxylic acids is 1. The van der Waals surface area contributed by atoms with Gasteiger partial charge < -0.3 is 20.2 Å². The average molecular weight is 922 g/mol. The van der Waals surface area contributed by atoms with Gasteiger partial charge in [0, 0.05) is 79.2 Å². The number of likely N-dealkylation sites (tertiary alicyclic amines) is 2. The minimum Gasteiger partial charge on any atom is -0.480 e. The number of amides is 3. The minimum atomic E-state index is -0.979. The van der Waals surface area contributed by atoms with E-state index in [0.29, 0.717) is 53.0 Å².